The van der Waals surface area contributed by atoms with Crippen LogP contribution in [-0.2, 0) is 6.61 Å². The predicted molar refractivity (Wildman–Crippen MR) is 82.2 cm³/mol. The first kappa shape index (κ1) is 15.0. The molecule has 116 valence electrons. The van der Waals surface area contributed by atoms with Crippen molar-refractivity contribution in [2.75, 3.05) is 0 Å². The van der Waals surface area contributed by atoms with E-state index < -0.39 is 4.92 Å². The molecule has 0 spiro atoms. The molecule has 0 atom stereocenters. The van der Waals surface area contributed by atoms with E-state index in [1.165, 1.54) is 12.1 Å². The summed E-state index contributed by atoms with van der Waals surface area (Å²) in [5.41, 5.74) is 0.695. The van der Waals surface area contributed by atoms with Crippen molar-refractivity contribution in [3.8, 4) is 17.2 Å². The lowest BCUT2D eigenvalue weighted by Gasteiger charge is -2.02. The van der Waals surface area contributed by atoms with Gasteiger partial charge < -0.3 is 9.26 Å². The first-order chi connectivity index (χ1) is 11.1. The van der Waals surface area contributed by atoms with Crippen LogP contribution in [0.3, 0.4) is 0 Å². The summed E-state index contributed by atoms with van der Waals surface area (Å²) < 4.78 is 10.6. The van der Waals surface area contributed by atoms with Crippen LogP contribution in [0.2, 0.25) is 5.02 Å². The van der Waals surface area contributed by atoms with E-state index in [0.29, 0.717) is 22.5 Å². The maximum atomic E-state index is 10.7. The van der Waals surface area contributed by atoms with Gasteiger partial charge in [0, 0.05) is 16.7 Å². The fraction of sp³-hybridized carbons (Fsp3) is 0.0667. The van der Waals surface area contributed by atoms with E-state index in [4.69, 9.17) is 20.9 Å². The van der Waals surface area contributed by atoms with E-state index >= 15 is 0 Å². The second kappa shape index (κ2) is 6.45. The Balaban J connectivity index is 1.69. The van der Waals surface area contributed by atoms with Crippen molar-refractivity contribution in [3.63, 3.8) is 0 Å². The molecule has 0 saturated heterocycles. The molecule has 23 heavy (non-hydrogen) atoms. The van der Waals surface area contributed by atoms with Crippen LogP contribution in [0.5, 0.6) is 5.75 Å². The molecule has 0 aliphatic heterocycles. The van der Waals surface area contributed by atoms with Crippen LogP contribution in [-0.4, -0.2) is 15.1 Å². The normalized spacial score (nSPS) is 10.5. The molecule has 0 fully saturated rings. The molecule has 0 aliphatic rings. The molecule has 0 aliphatic carbocycles. The third-order valence-corrected chi connectivity index (χ3v) is 3.21. The van der Waals surface area contributed by atoms with Gasteiger partial charge in [0.1, 0.15) is 5.75 Å². The Labute approximate surface area is 135 Å². The molecule has 1 aromatic heterocycles. The van der Waals surface area contributed by atoms with Crippen LogP contribution in [0, 0.1) is 10.1 Å². The fourth-order valence-electron chi connectivity index (χ4n) is 1.86. The number of hydrogen-bond donors (Lipinski definition) is 0. The van der Waals surface area contributed by atoms with Crippen molar-refractivity contribution in [2.45, 2.75) is 6.61 Å². The summed E-state index contributed by atoms with van der Waals surface area (Å²) in [4.78, 5) is 14.4. The lowest BCUT2D eigenvalue weighted by molar-refractivity contribution is -0.384. The highest BCUT2D eigenvalue weighted by molar-refractivity contribution is 6.30. The minimum atomic E-state index is -0.486. The van der Waals surface area contributed by atoms with Gasteiger partial charge in [-0.25, -0.2) is 0 Å². The van der Waals surface area contributed by atoms with Crippen LogP contribution in [0.1, 0.15) is 5.82 Å². The third kappa shape index (κ3) is 3.64. The number of nitro groups is 1. The summed E-state index contributed by atoms with van der Waals surface area (Å²) in [5.74, 6) is 1.04. The summed E-state index contributed by atoms with van der Waals surface area (Å²) in [6.07, 6.45) is 0. The van der Waals surface area contributed by atoms with E-state index in [2.05, 4.69) is 10.1 Å². The van der Waals surface area contributed by atoms with E-state index in [1.807, 2.05) is 0 Å². The molecular formula is C15H10ClN3O4. The molecule has 0 unspecified atom stereocenters. The lowest BCUT2D eigenvalue weighted by Crippen LogP contribution is -1.98. The average molecular weight is 332 g/mol. The smallest absolute Gasteiger partial charge is 0.273 e. The van der Waals surface area contributed by atoms with Gasteiger partial charge in [-0.3, -0.25) is 10.1 Å². The first-order valence-electron chi connectivity index (χ1n) is 6.57. The Hall–Kier alpha value is -2.93. The van der Waals surface area contributed by atoms with Gasteiger partial charge in [0.05, 0.1) is 11.0 Å². The Morgan fingerprint density at radius 2 is 2.00 bits per heavy atom. The van der Waals surface area contributed by atoms with Crippen molar-refractivity contribution in [3.05, 3.63) is 69.5 Å². The number of halogens is 1. The molecule has 1 heterocycles. The zero-order chi connectivity index (χ0) is 16.2. The Morgan fingerprint density at radius 1 is 1.22 bits per heavy atom. The van der Waals surface area contributed by atoms with Gasteiger partial charge in [0.2, 0.25) is 5.82 Å². The van der Waals surface area contributed by atoms with Crippen LogP contribution in [0.15, 0.2) is 53.1 Å². The minimum absolute atomic E-state index is 0.0399. The SMILES string of the molecule is O=[N+]([O-])c1cccc(OCc2noc(-c3ccc(Cl)cc3)n2)c1. The highest BCUT2D eigenvalue weighted by Gasteiger charge is 2.11. The zero-order valence-electron chi connectivity index (χ0n) is 11.7. The molecule has 2 aromatic carbocycles. The predicted octanol–water partition coefficient (Wildman–Crippen LogP) is 3.88. The number of nitrogens with zero attached hydrogens (tertiary/aromatic N) is 3. The van der Waals surface area contributed by atoms with Crippen LogP contribution >= 0.6 is 11.6 Å². The number of rotatable bonds is 5. The number of aromatic nitrogens is 2. The molecule has 0 N–H and O–H groups in total. The molecule has 3 aromatic rings. The second-order valence-electron chi connectivity index (χ2n) is 4.57. The summed E-state index contributed by atoms with van der Waals surface area (Å²) in [7, 11) is 0. The molecule has 8 heteroatoms. The number of non-ortho nitro benzene ring substituents is 1. The molecular weight excluding hydrogens is 322 g/mol. The molecule has 0 amide bonds. The van der Waals surface area contributed by atoms with Gasteiger partial charge in [-0.15, -0.1) is 0 Å². The standard InChI is InChI=1S/C15H10ClN3O4/c16-11-6-4-10(5-7-11)15-17-14(18-23-15)9-22-13-3-1-2-12(8-13)19(20)21/h1-8H,9H2. The van der Waals surface area contributed by atoms with Crippen LogP contribution < -0.4 is 4.74 Å². The quantitative estimate of drug-likeness (QED) is 0.520. The van der Waals surface area contributed by atoms with E-state index in [0.717, 1.165) is 5.56 Å². The Bertz CT molecular complexity index is 833. The minimum Gasteiger partial charge on any atom is -0.485 e. The van der Waals surface area contributed by atoms with Crippen molar-refractivity contribution in [1.82, 2.24) is 10.1 Å². The average Bonchev–Trinajstić information content (AvgIpc) is 3.03. The number of benzene rings is 2. The molecule has 7 nitrogen and oxygen atoms in total. The first-order valence-corrected chi connectivity index (χ1v) is 6.95. The highest BCUT2D eigenvalue weighted by atomic mass is 35.5. The van der Waals surface area contributed by atoms with Crippen LogP contribution in [0.4, 0.5) is 5.69 Å². The van der Waals surface area contributed by atoms with E-state index in [1.54, 1.807) is 36.4 Å². The molecule has 3 rings (SSSR count). The van der Waals surface area contributed by atoms with Crippen molar-refractivity contribution >= 4 is 17.3 Å². The summed E-state index contributed by atoms with van der Waals surface area (Å²) in [6.45, 7) is 0.0399. The van der Waals surface area contributed by atoms with Gasteiger partial charge in [0.25, 0.3) is 11.6 Å². The largest absolute Gasteiger partial charge is 0.485 e. The van der Waals surface area contributed by atoms with Gasteiger partial charge in [0.15, 0.2) is 6.61 Å². The fourth-order valence-corrected chi connectivity index (χ4v) is 1.98. The van der Waals surface area contributed by atoms with Gasteiger partial charge in [-0.2, -0.15) is 4.98 Å². The lowest BCUT2D eigenvalue weighted by atomic mass is 10.2. The summed E-state index contributed by atoms with van der Waals surface area (Å²) >= 11 is 5.82. The highest BCUT2D eigenvalue weighted by Crippen LogP contribution is 2.22. The summed E-state index contributed by atoms with van der Waals surface area (Å²) in [6, 6.07) is 12.9. The number of hydrogen-bond acceptors (Lipinski definition) is 6. The zero-order valence-corrected chi connectivity index (χ0v) is 12.4. The van der Waals surface area contributed by atoms with Gasteiger partial charge >= 0.3 is 0 Å². The topological polar surface area (TPSA) is 91.3 Å². The monoisotopic (exact) mass is 331 g/mol. The Morgan fingerprint density at radius 3 is 2.74 bits per heavy atom. The molecule has 0 radical (unpaired) electrons. The Kier molecular flexibility index (Phi) is 4.20. The van der Waals surface area contributed by atoms with Crippen molar-refractivity contribution in [2.24, 2.45) is 0 Å². The summed E-state index contributed by atoms with van der Waals surface area (Å²) in [5, 5.41) is 15.1. The molecule has 0 bridgehead atoms. The maximum absolute atomic E-state index is 10.7. The van der Waals surface area contributed by atoms with E-state index in [-0.39, 0.29) is 12.3 Å². The number of ether oxygens (including phenoxy) is 1. The number of nitro benzene ring substituents is 1. The second-order valence-corrected chi connectivity index (χ2v) is 5.00. The third-order valence-electron chi connectivity index (χ3n) is 2.96. The van der Waals surface area contributed by atoms with Crippen molar-refractivity contribution < 1.29 is 14.2 Å². The van der Waals surface area contributed by atoms with Crippen molar-refractivity contribution in [1.29, 1.82) is 0 Å². The molecule has 0 saturated carbocycles. The van der Waals surface area contributed by atoms with Gasteiger partial charge in [-0.1, -0.05) is 22.8 Å². The van der Waals surface area contributed by atoms with Crippen LogP contribution in [0.25, 0.3) is 11.5 Å². The van der Waals surface area contributed by atoms with Gasteiger partial charge in [-0.05, 0) is 30.3 Å². The van der Waals surface area contributed by atoms with E-state index in [9.17, 15) is 10.1 Å². The maximum Gasteiger partial charge on any atom is 0.273 e.